The molecule has 2 amide bonds. The summed E-state index contributed by atoms with van der Waals surface area (Å²) in [6.45, 7) is 4.65. The molecular formula is C22H33N5O3. The second kappa shape index (κ2) is 10.8. The first kappa shape index (κ1) is 21.9. The van der Waals surface area contributed by atoms with Gasteiger partial charge < -0.3 is 26.0 Å². The minimum absolute atomic E-state index is 0.144. The van der Waals surface area contributed by atoms with Gasteiger partial charge in [0.1, 0.15) is 5.75 Å². The van der Waals surface area contributed by atoms with Gasteiger partial charge in [0.05, 0.1) is 6.54 Å². The van der Waals surface area contributed by atoms with Crippen LogP contribution in [0.25, 0.3) is 0 Å². The van der Waals surface area contributed by atoms with Gasteiger partial charge in [-0.3, -0.25) is 9.59 Å². The largest absolute Gasteiger partial charge is 0.484 e. The van der Waals surface area contributed by atoms with Crippen molar-refractivity contribution in [2.75, 3.05) is 26.2 Å². The lowest BCUT2D eigenvalue weighted by Gasteiger charge is -2.21. The Balaban J connectivity index is 1.54. The predicted octanol–water partition coefficient (Wildman–Crippen LogP) is 1.40. The lowest BCUT2D eigenvalue weighted by molar-refractivity contribution is -0.134. The van der Waals surface area contributed by atoms with Crippen molar-refractivity contribution in [2.24, 2.45) is 16.6 Å². The van der Waals surface area contributed by atoms with Crippen LogP contribution in [0.4, 0.5) is 0 Å². The number of hydrogen-bond acceptors (Lipinski definition) is 4. The van der Waals surface area contributed by atoms with Crippen LogP contribution in [0, 0.1) is 5.92 Å². The molecule has 1 aliphatic heterocycles. The number of hydrogen-bond donors (Lipinski definition) is 3. The maximum atomic E-state index is 12.7. The van der Waals surface area contributed by atoms with Crippen LogP contribution in [0.3, 0.4) is 0 Å². The summed E-state index contributed by atoms with van der Waals surface area (Å²) in [5, 5.41) is 6.75. The Morgan fingerprint density at radius 2 is 2.07 bits per heavy atom. The molecule has 1 aliphatic carbocycles. The summed E-state index contributed by atoms with van der Waals surface area (Å²) < 4.78 is 5.35. The maximum Gasteiger partial charge on any atom is 0.255 e. The van der Waals surface area contributed by atoms with Gasteiger partial charge in [0.15, 0.2) is 12.6 Å². The van der Waals surface area contributed by atoms with E-state index in [-0.39, 0.29) is 18.6 Å². The molecule has 2 aliphatic rings. The number of ether oxygens (including phenoxy) is 1. The molecule has 1 aromatic carbocycles. The molecule has 1 atom stereocenters. The second-order valence-corrected chi connectivity index (χ2v) is 7.99. The zero-order valence-corrected chi connectivity index (χ0v) is 17.7. The first-order valence-corrected chi connectivity index (χ1v) is 10.9. The Morgan fingerprint density at radius 1 is 1.27 bits per heavy atom. The molecule has 0 aromatic heterocycles. The van der Waals surface area contributed by atoms with Gasteiger partial charge >= 0.3 is 0 Å². The number of amides is 2. The average molecular weight is 416 g/mol. The first-order chi connectivity index (χ1) is 14.5. The topological polar surface area (TPSA) is 109 Å². The molecule has 0 radical (unpaired) electrons. The summed E-state index contributed by atoms with van der Waals surface area (Å²) in [4.78, 5) is 30.2. The van der Waals surface area contributed by atoms with Crippen molar-refractivity contribution in [1.82, 2.24) is 15.5 Å². The number of guanidine groups is 1. The summed E-state index contributed by atoms with van der Waals surface area (Å²) in [5.74, 6) is 1.38. The molecule has 8 heteroatoms. The van der Waals surface area contributed by atoms with Crippen molar-refractivity contribution in [1.29, 1.82) is 0 Å². The lowest BCUT2D eigenvalue weighted by Crippen LogP contribution is -2.45. The Labute approximate surface area is 178 Å². The van der Waals surface area contributed by atoms with Crippen molar-refractivity contribution in [3.05, 3.63) is 29.8 Å². The van der Waals surface area contributed by atoms with Gasteiger partial charge in [-0.25, -0.2) is 4.99 Å². The number of benzene rings is 1. The molecule has 30 heavy (non-hydrogen) atoms. The van der Waals surface area contributed by atoms with E-state index in [2.05, 4.69) is 15.6 Å². The van der Waals surface area contributed by atoms with Gasteiger partial charge in [-0.05, 0) is 43.9 Å². The third-order valence-corrected chi connectivity index (χ3v) is 5.59. The molecule has 1 saturated heterocycles. The number of carbonyl (C=O) groups excluding carboxylic acids is 2. The molecule has 3 rings (SSSR count). The van der Waals surface area contributed by atoms with Gasteiger partial charge in [0.2, 0.25) is 5.91 Å². The summed E-state index contributed by atoms with van der Waals surface area (Å²) in [6.07, 6.45) is 5.37. The molecule has 1 aromatic rings. The fourth-order valence-corrected chi connectivity index (χ4v) is 4.08. The summed E-state index contributed by atoms with van der Waals surface area (Å²) in [6, 6.07) is 7.67. The van der Waals surface area contributed by atoms with E-state index in [1.54, 1.807) is 6.07 Å². The van der Waals surface area contributed by atoms with Gasteiger partial charge in [-0.2, -0.15) is 0 Å². The van der Waals surface area contributed by atoms with Gasteiger partial charge in [0.25, 0.3) is 5.91 Å². The van der Waals surface area contributed by atoms with Crippen LogP contribution < -0.4 is 21.1 Å². The lowest BCUT2D eigenvalue weighted by atomic mass is 10.1. The summed E-state index contributed by atoms with van der Waals surface area (Å²) in [5.41, 5.74) is 6.10. The normalized spacial score (nSPS) is 19.7. The number of carbonyl (C=O) groups is 2. The van der Waals surface area contributed by atoms with E-state index in [9.17, 15) is 9.59 Å². The molecule has 4 N–H and O–H groups in total. The van der Waals surface area contributed by atoms with E-state index in [0.717, 1.165) is 50.4 Å². The molecule has 2 fully saturated rings. The molecular weight excluding hydrogens is 382 g/mol. The van der Waals surface area contributed by atoms with Crippen LogP contribution in [0.1, 0.15) is 44.6 Å². The Kier molecular flexibility index (Phi) is 7.93. The zero-order chi connectivity index (χ0) is 21.3. The van der Waals surface area contributed by atoms with Crippen molar-refractivity contribution in [3.8, 4) is 5.75 Å². The van der Waals surface area contributed by atoms with E-state index < -0.39 is 5.91 Å². The molecule has 1 heterocycles. The highest BCUT2D eigenvalue weighted by Crippen LogP contribution is 2.27. The van der Waals surface area contributed by atoms with Gasteiger partial charge in [-0.1, -0.05) is 25.0 Å². The van der Waals surface area contributed by atoms with Crippen LogP contribution >= 0.6 is 0 Å². The van der Waals surface area contributed by atoms with E-state index >= 15 is 0 Å². The van der Waals surface area contributed by atoms with Crippen LogP contribution in [0.15, 0.2) is 29.3 Å². The van der Waals surface area contributed by atoms with E-state index in [1.807, 2.05) is 30.0 Å². The number of primary amides is 1. The van der Waals surface area contributed by atoms with Crippen LogP contribution in [0.2, 0.25) is 0 Å². The minimum Gasteiger partial charge on any atom is -0.484 e. The van der Waals surface area contributed by atoms with Crippen molar-refractivity contribution in [2.45, 2.75) is 51.6 Å². The first-order valence-electron chi connectivity index (χ1n) is 10.9. The highest BCUT2D eigenvalue weighted by Gasteiger charge is 2.32. The van der Waals surface area contributed by atoms with Crippen molar-refractivity contribution < 1.29 is 14.3 Å². The highest BCUT2D eigenvalue weighted by atomic mass is 16.5. The predicted molar refractivity (Wildman–Crippen MR) is 116 cm³/mol. The van der Waals surface area contributed by atoms with Crippen molar-refractivity contribution in [3.63, 3.8) is 0 Å². The quantitative estimate of drug-likeness (QED) is 0.439. The van der Waals surface area contributed by atoms with Crippen LogP contribution in [-0.4, -0.2) is 55.0 Å². The van der Waals surface area contributed by atoms with Gasteiger partial charge in [0, 0.05) is 31.6 Å². The standard InChI is InChI=1S/C22H33N5O3/c1-2-24-22(25-13-16-6-5-9-19(12-16)30-15-20(23)28)26-18-10-11-27(14-18)21(29)17-7-3-4-8-17/h5-6,9,12,17-18H,2-4,7-8,10-11,13-15H2,1H3,(H2,23,28)(H2,24,25,26). The molecule has 1 unspecified atom stereocenters. The Morgan fingerprint density at radius 3 is 2.80 bits per heavy atom. The minimum atomic E-state index is -0.505. The van der Waals surface area contributed by atoms with E-state index in [1.165, 1.54) is 12.8 Å². The van der Waals surface area contributed by atoms with Crippen molar-refractivity contribution >= 4 is 17.8 Å². The number of likely N-dealkylation sites (tertiary alicyclic amines) is 1. The van der Waals surface area contributed by atoms with Crippen LogP contribution in [-0.2, 0) is 16.1 Å². The Hall–Kier alpha value is -2.77. The smallest absolute Gasteiger partial charge is 0.255 e. The Bertz CT molecular complexity index is 761. The zero-order valence-electron chi connectivity index (χ0n) is 17.7. The fraction of sp³-hybridized carbons (Fsp3) is 0.591. The van der Waals surface area contributed by atoms with E-state index in [4.69, 9.17) is 10.5 Å². The third-order valence-electron chi connectivity index (χ3n) is 5.59. The second-order valence-electron chi connectivity index (χ2n) is 7.99. The fourth-order valence-electron chi connectivity index (χ4n) is 4.08. The molecule has 1 saturated carbocycles. The summed E-state index contributed by atoms with van der Waals surface area (Å²) in [7, 11) is 0. The number of nitrogens with one attached hydrogen (secondary N) is 2. The number of aliphatic imine (C=N–C) groups is 1. The van der Waals surface area contributed by atoms with Gasteiger partial charge in [-0.15, -0.1) is 0 Å². The third kappa shape index (κ3) is 6.37. The molecule has 0 bridgehead atoms. The van der Waals surface area contributed by atoms with E-state index in [0.29, 0.717) is 18.2 Å². The number of nitrogens with zero attached hydrogens (tertiary/aromatic N) is 2. The van der Waals surface area contributed by atoms with Crippen LogP contribution in [0.5, 0.6) is 5.75 Å². The SMILES string of the molecule is CCNC(=NCc1cccc(OCC(N)=O)c1)NC1CCN(C(=O)C2CCCC2)C1. The number of rotatable bonds is 8. The summed E-state index contributed by atoms with van der Waals surface area (Å²) >= 11 is 0. The highest BCUT2D eigenvalue weighted by molar-refractivity contribution is 5.81. The maximum absolute atomic E-state index is 12.7. The molecule has 164 valence electrons. The molecule has 0 spiro atoms. The average Bonchev–Trinajstić information content (AvgIpc) is 3.43. The molecule has 8 nitrogen and oxygen atoms in total. The monoisotopic (exact) mass is 415 g/mol. The number of nitrogens with two attached hydrogens (primary N) is 1.